The number of hydrogen-bond donors (Lipinski definition) is 4. The molecule has 0 atom stereocenters. The molecule has 3 aromatic rings. The molecular formula is C30H32N6O4. The van der Waals surface area contributed by atoms with Gasteiger partial charge in [-0.1, -0.05) is 12.1 Å². The van der Waals surface area contributed by atoms with Crippen molar-refractivity contribution in [2.75, 3.05) is 68.1 Å². The number of benzene rings is 3. The van der Waals surface area contributed by atoms with Crippen molar-refractivity contribution in [1.82, 2.24) is 9.80 Å². The van der Waals surface area contributed by atoms with Gasteiger partial charge in [0.2, 0.25) is 5.91 Å². The highest BCUT2D eigenvalue weighted by molar-refractivity contribution is 6.37. The molecule has 0 aliphatic carbocycles. The highest BCUT2D eigenvalue weighted by Gasteiger charge is 2.29. The Hall–Kier alpha value is -4.67. The van der Waals surface area contributed by atoms with Crippen LogP contribution < -0.4 is 21.3 Å². The molecule has 5 rings (SSSR count). The minimum atomic E-state index is -1.08. The minimum Gasteiger partial charge on any atom is -0.478 e. The van der Waals surface area contributed by atoms with Gasteiger partial charge in [0, 0.05) is 67.1 Å². The normalized spacial score (nSPS) is 16.7. The first kappa shape index (κ1) is 26.9. The minimum absolute atomic E-state index is 0.0151. The lowest BCUT2D eigenvalue weighted by Gasteiger charge is -2.32. The maximum Gasteiger partial charge on any atom is 0.335 e. The number of hydrogen-bond acceptors (Lipinski definition) is 7. The van der Waals surface area contributed by atoms with E-state index in [2.05, 4.69) is 27.5 Å². The number of fused-ring (bicyclic) bond motifs is 1. The van der Waals surface area contributed by atoms with Crippen LogP contribution in [-0.4, -0.2) is 79.5 Å². The number of carboxylic acid groups (broad SMARTS) is 1. The molecule has 2 heterocycles. The quantitative estimate of drug-likeness (QED) is 0.266. The number of amides is 2. The number of aromatic carboxylic acids is 1. The Morgan fingerprint density at radius 2 is 1.73 bits per heavy atom. The van der Waals surface area contributed by atoms with E-state index in [1.807, 2.05) is 30.3 Å². The fraction of sp³-hybridized carbons (Fsp3) is 0.233. The summed E-state index contributed by atoms with van der Waals surface area (Å²) in [6.07, 6.45) is 0. The Kier molecular flexibility index (Phi) is 7.54. The topological polar surface area (TPSA) is 131 Å². The second-order valence-corrected chi connectivity index (χ2v) is 10.1. The van der Waals surface area contributed by atoms with Gasteiger partial charge in [-0.2, -0.15) is 0 Å². The average Bonchev–Trinajstić information content (AvgIpc) is 3.27. The number of carbonyl (C=O) groups excluding carboxylic acids is 2. The van der Waals surface area contributed by atoms with E-state index in [0.717, 1.165) is 31.9 Å². The molecule has 0 bridgehead atoms. The van der Waals surface area contributed by atoms with Crippen LogP contribution in [0, 0.1) is 0 Å². The Morgan fingerprint density at radius 3 is 2.40 bits per heavy atom. The van der Waals surface area contributed by atoms with Crippen LogP contribution in [-0.2, 0) is 9.59 Å². The molecule has 0 spiro atoms. The summed E-state index contributed by atoms with van der Waals surface area (Å²) < 4.78 is 0. The highest BCUT2D eigenvalue weighted by atomic mass is 16.4. The second-order valence-electron chi connectivity index (χ2n) is 10.1. The predicted octanol–water partition coefficient (Wildman–Crippen LogP) is 3.11. The van der Waals surface area contributed by atoms with Crippen molar-refractivity contribution in [3.05, 3.63) is 83.4 Å². The van der Waals surface area contributed by atoms with Gasteiger partial charge in [0.05, 0.1) is 23.4 Å². The van der Waals surface area contributed by atoms with E-state index in [9.17, 15) is 19.5 Å². The van der Waals surface area contributed by atoms with E-state index in [0.29, 0.717) is 46.0 Å². The van der Waals surface area contributed by atoms with Gasteiger partial charge in [0.25, 0.3) is 5.91 Å². The fourth-order valence-corrected chi connectivity index (χ4v) is 4.88. The first-order valence-electron chi connectivity index (χ1n) is 13.0. The Labute approximate surface area is 232 Å². The van der Waals surface area contributed by atoms with Crippen molar-refractivity contribution in [2.45, 2.75) is 0 Å². The molecule has 2 aliphatic heterocycles. The number of nitrogens with zero attached hydrogens (tertiary/aromatic N) is 3. The van der Waals surface area contributed by atoms with Crippen LogP contribution in [0.15, 0.2) is 66.7 Å². The SMILES string of the molecule is CN1CCN(CC(=O)N(C)c2ccc(N/C(=C3\C(=O)Nc4ccc(C(=O)O)cc43)c3cccc(N)c3)cc2)CC1. The van der Waals surface area contributed by atoms with Crippen LogP contribution in [0.5, 0.6) is 0 Å². The van der Waals surface area contributed by atoms with E-state index >= 15 is 0 Å². The lowest BCUT2D eigenvalue weighted by molar-refractivity contribution is -0.119. The molecule has 10 heteroatoms. The maximum atomic E-state index is 13.2. The molecule has 0 saturated carbocycles. The van der Waals surface area contributed by atoms with Gasteiger partial charge in [-0.05, 0) is 61.6 Å². The van der Waals surface area contributed by atoms with E-state index in [-0.39, 0.29) is 17.4 Å². The van der Waals surface area contributed by atoms with Crippen LogP contribution >= 0.6 is 0 Å². The fourth-order valence-electron chi connectivity index (χ4n) is 4.88. The van der Waals surface area contributed by atoms with Crippen LogP contribution in [0.25, 0.3) is 11.3 Å². The van der Waals surface area contributed by atoms with Crippen LogP contribution in [0.1, 0.15) is 21.5 Å². The van der Waals surface area contributed by atoms with Crippen LogP contribution in [0.4, 0.5) is 22.7 Å². The van der Waals surface area contributed by atoms with E-state index in [4.69, 9.17) is 5.73 Å². The Balaban J connectivity index is 1.43. The van der Waals surface area contributed by atoms with Crippen LogP contribution in [0.3, 0.4) is 0 Å². The lowest BCUT2D eigenvalue weighted by atomic mass is 9.98. The lowest BCUT2D eigenvalue weighted by Crippen LogP contribution is -2.48. The number of carboxylic acids is 1. The number of nitrogen functional groups attached to an aromatic ring is 1. The third-order valence-electron chi connectivity index (χ3n) is 7.29. The highest BCUT2D eigenvalue weighted by Crippen LogP contribution is 2.38. The second kappa shape index (κ2) is 11.2. The molecule has 206 valence electrons. The van der Waals surface area contributed by atoms with Gasteiger partial charge in [0.15, 0.2) is 0 Å². The van der Waals surface area contributed by atoms with Crippen molar-refractivity contribution >= 4 is 51.8 Å². The largest absolute Gasteiger partial charge is 0.478 e. The van der Waals surface area contributed by atoms with Crippen molar-refractivity contribution in [3.8, 4) is 0 Å². The summed E-state index contributed by atoms with van der Waals surface area (Å²) in [7, 11) is 3.85. The standard InChI is InChI=1S/C30H32N6O4/c1-34-12-14-36(15-13-34)18-26(37)35(2)23-9-7-22(8-10-23)32-28(19-4-3-5-21(31)16-19)27-24-17-20(30(39)40)6-11-25(24)33-29(27)38/h3-11,16-17,32H,12-15,18,31H2,1-2H3,(H,33,38)(H,39,40)/b28-27-. The number of piperazine rings is 1. The van der Waals surface area contributed by atoms with Crippen molar-refractivity contribution in [3.63, 3.8) is 0 Å². The molecule has 0 aromatic heterocycles. The van der Waals surface area contributed by atoms with Gasteiger partial charge >= 0.3 is 5.97 Å². The molecule has 0 radical (unpaired) electrons. The van der Waals surface area contributed by atoms with Gasteiger partial charge in [-0.15, -0.1) is 0 Å². The molecule has 3 aromatic carbocycles. The summed E-state index contributed by atoms with van der Waals surface area (Å²) in [4.78, 5) is 43.8. The molecule has 40 heavy (non-hydrogen) atoms. The molecule has 0 unspecified atom stereocenters. The van der Waals surface area contributed by atoms with Gasteiger partial charge in [-0.3, -0.25) is 14.5 Å². The number of nitrogens with two attached hydrogens (primary N) is 1. The number of rotatable bonds is 7. The molecule has 5 N–H and O–H groups in total. The maximum absolute atomic E-state index is 13.2. The monoisotopic (exact) mass is 540 g/mol. The molecule has 1 fully saturated rings. The number of carbonyl (C=O) groups is 3. The van der Waals surface area contributed by atoms with Gasteiger partial charge < -0.3 is 31.3 Å². The first-order valence-corrected chi connectivity index (χ1v) is 13.0. The first-order chi connectivity index (χ1) is 19.2. The zero-order valence-corrected chi connectivity index (χ0v) is 22.5. The Morgan fingerprint density at radius 1 is 1.00 bits per heavy atom. The zero-order chi connectivity index (χ0) is 28.4. The van der Waals surface area contributed by atoms with Crippen LogP contribution in [0.2, 0.25) is 0 Å². The Bertz CT molecular complexity index is 1490. The van der Waals surface area contributed by atoms with Crippen molar-refractivity contribution in [2.24, 2.45) is 0 Å². The third kappa shape index (κ3) is 5.68. The smallest absolute Gasteiger partial charge is 0.335 e. The third-order valence-corrected chi connectivity index (χ3v) is 7.29. The number of anilines is 4. The molecule has 2 aliphatic rings. The molecule has 2 amide bonds. The molecular weight excluding hydrogens is 508 g/mol. The summed E-state index contributed by atoms with van der Waals surface area (Å²) in [5, 5.41) is 15.7. The van der Waals surface area contributed by atoms with Crippen molar-refractivity contribution < 1.29 is 19.5 Å². The van der Waals surface area contributed by atoms with Gasteiger partial charge in [0.1, 0.15) is 0 Å². The molecule has 1 saturated heterocycles. The summed E-state index contributed by atoms with van der Waals surface area (Å²) >= 11 is 0. The number of nitrogens with one attached hydrogen (secondary N) is 2. The summed E-state index contributed by atoms with van der Waals surface area (Å²) in [5.74, 6) is -1.42. The number of likely N-dealkylation sites (N-methyl/N-ethyl adjacent to an activating group) is 2. The zero-order valence-electron chi connectivity index (χ0n) is 22.5. The molecule has 10 nitrogen and oxygen atoms in total. The van der Waals surface area contributed by atoms with E-state index in [1.165, 1.54) is 12.1 Å². The summed E-state index contributed by atoms with van der Waals surface area (Å²) in [6, 6.07) is 19.0. The van der Waals surface area contributed by atoms with Crippen molar-refractivity contribution in [1.29, 1.82) is 0 Å². The van der Waals surface area contributed by atoms with E-state index in [1.54, 1.807) is 36.2 Å². The predicted molar refractivity (Wildman–Crippen MR) is 157 cm³/mol. The van der Waals surface area contributed by atoms with E-state index < -0.39 is 5.97 Å². The summed E-state index contributed by atoms with van der Waals surface area (Å²) in [6.45, 7) is 3.99. The average molecular weight is 541 g/mol. The van der Waals surface area contributed by atoms with Gasteiger partial charge in [-0.25, -0.2) is 4.79 Å². The summed E-state index contributed by atoms with van der Waals surface area (Å²) in [5.41, 5.74) is 10.6.